The summed E-state index contributed by atoms with van der Waals surface area (Å²) >= 11 is 0. The van der Waals surface area contributed by atoms with Gasteiger partial charge in [0, 0.05) is 17.7 Å². The van der Waals surface area contributed by atoms with Gasteiger partial charge in [0.05, 0.1) is 0 Å². The highest BCUT2D eigenvalue weighted by Gasteiger charge is 2.50. The van der Waals surface area contributed by atoms with Crippen LogP contribution in [0.4, 0.5) is 0 Å². The Morgan fingerprint density at radius 1 is 1.17 bits per heavy atom. The summed E-state index contributed by atoms with van der Waals surface area (Å²) in [5, 5.41) is 2.99. The zero-order valence-corrected chi connectivity index (χ0v) is 15.2. The third kappa shape index (κ3) is 3.30. The molecule has 5 heteroatoms. The average molecular weight is 337 g/mol. The number of carbonyl (C=O) groups excluding carboxylic acids is 1. The minimum absolute atomic E-state index is 0.170. The van der Waals surface area contributed by atoms with Gasteiger partial charge in [0.15, 0.2) is 9.84 Å². The largest absolute Gasteiger partial charge is 0.351 e. The van der Waals surface area contributed by atoms with Gasteiger partial charge >= 0.3 is 0 Å². The normalized spacial score (nSPS) is 19.3. The third-order valence-corrected chi connectivity index (χ3v) is 7.50. The Morgan fingerprint density at radius 2 is 1.70 bits per heavy atom. The van der Waals surface area contributed by atoms with Crippen LogP contribution in [0.3, 0.4) is 0 Å². The quantitative estimate of drug-likeness (QED) is 0.898. The summed E-state index contributed by atoms with van der Waals surface area (Å²) in [4.78, 5) is 12.8. The van der Waals surface area contributed by atoms with Crippen molar-refractivity contribution in [2.45, 2.75) is 62.7 Å². The van der Waals surface area contributed by atoms with E-state index >= 15 is 0 Å². The number of sulfone groups is 1. The van der Waals surface area contributed by atoms with Gasteiger partial charge in [-0.25, -0.2) is 8.42 Å². The lowest BCUT2D eigenvalue weighted by atomic mass is 9.78. The third-order valence-electron chi connectivity index (χ3n) is 5.48. The van der Waals surface area contributed by atoms with E-state index in [-0.39, 0.29) is 17.4 Å². The molecule has 2 rings (SSSR count). The molecule has 0 aliphatic heterocycles. The fraction of sp³-hybridized carbons (Fsp3) is 0.611. The number of amides is 1. The predicted octanol–water partition coefficient (Wildman–Crippen LogP) is 2.83. The predicted molar refractivity (Wildman–Crippen MR) is 93.1 cm³/mol. The highest BCUT2D eigenvalue weighted by atomic mass is 32.2. The fourth-order valence-electron chi connectivity index (χ4n) is 3.34. The molecule has 1 unspecified atom stereocenters. The molecule has 1 aliphatic rings. The van der Waals surface area contributed by atoms with Gasteiger partial charge in [0.1, 0.15) is 4.75 Å². The van der Waals surface area contributed by atoms with Gasteiger partial charge in [0.25, 0.3) is 0 Å². The first kappa shape index (κ1) is 18.0. The second-order valence-corrected chi connectivity index (χ2v) is 9.58. The molecule has 1 amide bonds. The Balaban J connectivity index is 2.22. The van der Waals surface area contributed by atoms with E-state index < -0.39 is 14.6 Å². The van der Waals surface area contributed by atoms with E-state index in [1.165, 1.54) is 6.26 Å². The molecular weight excluding hydrogens is 310 g/mol. The Labute approximate surface area is 139 Å². The lowest BCUT2D eigenvalue weighted by Gasteiger charge is -2.36. The first-order valence-corrected chi connectivity index (χ1v) is 10.1. The van der Waals surface area contributed by atoms with Crippen molar-refractivity contribution in [2.75, 3.05) is 6.26 Å². The minimum atomic E-state index is -3.43. The van der Waals surface area contributed by atoms with Crippen LogP contribution >= 0.6 is 0 Å². The molecule has 1 N–H and O–H groups in total. The van der Waals surface area contributed by atoms with Crippen molar-refractivity contribution in [3.8, 4) is 0 Å². The molecular formula is C18H27NO3S. The Morgan fingerprint density at radius 3 is 2.17 bits per heavy atom. The van der Waals surface area contributed by atoms with Gasteiger partial charge in [-0.15, -0.1) is 0 Å². The fourth-order valence-corrected chi connectivity index (χ4v) is 4.76. The number of benzene rings is 1. The Kier molecular flexibility index (Phi) is 4.90. The summed E-state index contributed by atoms with van der Waals surface area (Å²) < 4.78 is 23.2. The molecule has 0 radical (unpaired) electrons. The highest BCUT2D eigenvalue weighted by Crippen LogP contribution is 2.37. The standard InChI is InChI=1S/C18H27NO3S/c1-14(17(2,3)15-10-6-5-7-11-15)19-16(20)18(23(4,21)22)12-8-9-13-18/h5-7,10-11,14H,8-9,12-13H2,1-4H3,(H,19,20). The monoisotopic (exact) mass is 337 g/mol. The lowest BCUT2D eigenvalue weighted by Crippen LogP contribution is -2.56. The molecule has 0 saturated heterocycles. The van der Waals surface area contributed by atoms with Crippen molar-refractivity contribution in [3.05, 3.63) is 35.9 Å². The number of nitrogens with one attached hydrogen (secondary N) is 1. The molecule has 4 nitrogen and oxygen atoms in total. The van der Waals surface area contributed by atoms with Crippen LogP contribution in [-0.4, -0.2) is 31.4 Å². The SMILES string of the molecule is CC(NC(=O)C1(S(C)(=O)=O)CCCC1)C(C)(C)c1ccccc1. The number of hydrogen-bond donors (Lipinski definition) is 1. The van der Waals surface area contributed by atoms with Crippen molar-refractivity contribution in [3.63, 3.8) is 0 Å². The van der Waals surface area contributed by atoms with Crippen molar-refractivity contribution in [2.24, 2.45) is 0 Å². The van der Waals surface area contributed by atoms with Gasteiger partial charge in [-0.3, -0.25) is 4.79 Å². The van der Waals surface area contributed by atoms with Crippen LogP contribution < -0.4 is 5.32 Å². The topological polar surface area (TPSA) is 63.2 Å². The number of hydrogen-bond acceptors (Lipinski definition) is 3. The molecule has 1 fully saturated rings. The van der Waals surface area contributed by atoms with Gasteiger partial charge in [-0.1, -0.05) is 57.0 Å². The molecule has 0 bridgehead atoms. The summed E-state index contributed by atoms with van der Waals surface area (Å²) in [6, 6.07) is 9.80. The van der Waals surface area contributed by atoms with Gasteiger partial charge in [-0.2, -0.15) is 0 Å². The molecule has 128 valence electrons. The second-order valence-electron chi connectivity index (χ2n) is 7.26. The van der Waals surface area contributed by atoms with Gasteiger partial charge < -0.3 is 5.32 Å². The van der Waals surface area contributed by atoms with E-state index in [4.69, 9.17) is 0 Å². The van der Waals surface area contributed by atoms with Crippen LogP contribution in [0, 0.1) is 0 Å². The maximum atomic E-state index is 12.8. The molecule has 1 atom stereocenters. The average Bonchev–Trinajstić information content (AvgIpc) is 2.98. The van der Waals surface area contributed by atoms with E-state index in [1.54, 1.807) is 0 Å². The lowest BCUT2D eigenvalue weighted by molar-refractivity contribution is -0.124. The van der Waals surface area contributed by atoms with Gasteiger partial charge in [0.2, 0.25) is 5.91 Å². The summed E-state index contributed by atoms with van der Waals surface area (Å²) in [6.07, 6.45) is 3.62. The molecule has 23 heavy (non-hydrogen) atoms. The van der Waals surface area contributed by atoms with E-state index in [0.29, 0.717) is 12.8 Å². The molecule has 1 aliphatic carbocycles. The maximum absolute atomic E-state index is 12.8. The van der Waals surface area contributed by atoms with E-state index in [1.807, 2.05) is 37.3 Å². The molecule has 1 saturated carbocycles. The van der Waals surface area contributed by atoms with Crippen molar-refractivity contribution in [1.82, 2.24) is 5.32 Å². The van der Waals surface area contributed by atoms with Crippen LogP contribution in [0.15, 0.2) is 30.3 Å². The van der Waals surface area contributed by atoms with Gasteiger partial charge in [-0.05, 0) is 25.3 Å². The van der Waals surface area contributed by atoms with Crippen LogP contribution in [0.5, 0.6) is 0 Å². The van der Waals surface area contributed by atoms with Crippen LogP contribution in [0.25, 0.3) is 0 Å². The first-order valence-electron chi connectivity index (χ1n) is 8.17. The van der Waals surface area contributed by atoms with Crippen molar-refractivity contribution in [1.29, 1.82) is 0 Å². The molecule has 1 aromatic carbocycles. The van der Waals surface area contributed by atoms with Crippen molar-refractivity contribution < 1.29 is 13.2 Å². The molecule has 0 spiro atoms. The first-order chi connectivity index (χ1) is 10.6. The summed E-state index contributed by atoms with van der Waals surface area (Å²) in [7, 11) is -3.43. The van der Waals surface area contributed by atoms with Crippen molar-refractivity contribution >= 4 is 15.7 Å². The second kappa shape index (κ2) is 6.27. The zero-order valence-electron chi connectivity index (χ0n) is 14.4. The van der Waals surface area contributed by atoms with E-state index in [2.05, 4.69) is 19.2 Å². The van der Waals surface area contributed by atoms with Crippen LogP contribution in [-0.2, 0) is 20.0 Å². The smallest absolute Gasteiger partial charge is 0.241 e. The summed E-state index contributed by atoms with van der Waals surface area (Å²) in [5.41, 5.74) is 0.835. The molecule has 1 aromatic rings. The van der Waals surface area contributed by atoms with E-state index in [0.717, 1.165) is 18.4 Å². The molecule has 0 aromatic heterocycles. The summed E-state index contributed by atoms with van der Waals surface area (Å²) in [5.74, 6) is -0.339. The maximum Gasteiger partial charge on any atom is 0.241 e. The van der Waals surface area contributed by atoms with Crippen LogP contribution in [0.1, 0.15) is 52.0 Å². The van der Waals surface area contributed by atoms with E-state index in [9.17, 15) is 13.2 Å². The Hall–Kier alpha value is -1.36. The minimum Gasteiger partial charge on any atom is -0.351 e. The summed E-state index contributed by atoms with van der Waals surface area (Å²) in [6.45, 7) is 6.07. The number of carbonyl (C=O) groups is 1. The Bertz CT molecular complexity index is 659. The highest BCUT2D eigenvalue weighted by molar-refractivity contribution is 7.92. The molecule has 0 heterocycles. The number of rotatable bonds is 5. The van der Waals surface area contributed by atoms with Crippen LogP contribution in [0.2, 0.25) is 0 Å². The zero-order chi connectivity index (χ0) is 17.3.